The van der Waals surface area contributed by atoms with E-state index in [2.05, 4.69) is 0 Å². The minimum absolute atomic E-state index is 0.181. The number of carbonyl (C=O) groups excluding carboxylic acids is 3. The molecule has 3 rings (SSSR count). The molecule has 0 radical (unpaired) electrons. The van der Waals surface area contributed by atoms with Gasteiger partial charge in [-0.25, -0.2) is 0 Å². The van der Waals surface area contributed by atoms with Crippen LogP contribution in [0.5, 0.6) is 0 Å². The molecule has 1 aromatic carbocycles. The summed E-state index contributed by atoms with van der Waals surface area (Å²) >= 11 is 12.8. The molecule has 2 heterocycles. The van der Waals surface area contributed by atoms with Gasteiger partial charge in [-0.2, -0.15) is 0 Å². The largest absolute Gasteiger partial charge is 0.341 e. The monoisotopic (exact) mass is 412 g/mol. The quantitative estimate of drug-likeness (QED) is 0.688. The Morgan fingerprint density at radius 1 is 1.12 bits per heavy atom. The zero-order valence-corrected chi connectivity index (χ0v) is 16.4. The number of benzene rings is 1. The van der Waals surface area contributed by atoms with E-state index in [0.717, 1.165) is 42.3 Å². The fourth-order valence-electron chi connectivity index (χ4n) is 2.95. The Kier molecular flexibility index (Phi) is 6.27. The van der Waals surface area contributed by atoms with Gasteiger partial charge in [0, 0.05) is 23.1 Å². The maximum Gasteiger partial charge on any atom is 0.294 e. The van der Waals surface area contributed by atoms with Crippen LogP contribution in [0.15, 0.2) is 23.1 Å². The van der Waals surface area contributed by atoms with Crippen LogP contribution >= 0.6 is 35.0 Å². The lowest BCUT2D eigenvalue weighted by molar-refractivity contribution is -0.135. The molecule has 0 bridgehead atoms. The zero-order valence-electron chi connectivity index (χ0n) is 14.0. The summed E-state index contributed by atoms with van der Waals surface area (Å²) in [6.07, 6.45) is 5.69. The number of thioether (sulfide) groups is 1. The summed E-state index contributed by atoms with van der Waals surface area (Å²) in [4.78, 5) is 40.2. The minimum Gasteiger partial charge on any atom is -0.341 e. The molecule has 138 valence electrons. The van der Waals surface area contributed by atoms with Crippen LogP contribution in [0.3, 0.4) is 0 Å². The first-order valence-corrected chi connectivity index (χ1v) is 10.0. The number of amides is 3. The maximum absolute atomic E-state index is 12.6. The summed E-state index contributed by atoms with van der Waals surface area (Å²) in [5, 5.41) is 0.447. The number of halogens is 2. The Morgan fingerprint density at radius 3 is 2.46 bits per heavy atom. The number of carbonyl (C=O) groups is 3. The summed E-state index contributed by atoms with van der Waals surface area (Å²) in [5.41, 5.74) is 0.598. The third-order valence-electron chi connectivity index (χ3n) is 4.37. The lowest BCUT2D eigenvalue weighted by Gasteiger charge is -2.22. The number of nitrogens with zero attached hydrogens (tertiary/aromatic N) is 2. The van der Waals surface area contributed by atoms with Crippen molar-refractivity contribution in [2.24, 2.45) is 0 Å². The topological polar surface area (TPSA) is 57.7 Å². The molecular formula is C18H18Cl2N2O3S. The van der Waals surface area contributed by atoms with Crippen molar-refractivity contribution in [2.75, 3.05) is 19.6 Å². The number of hydrogen-bond acceptors (Lipinski definition) is 4. The molecule has 0 atom stereocenters. The molecule has 2 aliphatic heterocycles. The molecule has 0 unspecified atom stereocenters. The number of hydrogen-bond donors (Lipinski definition) is 0. The van der Waals surface area contributed by atoms with Crippen LogP contribution in [0.4, 0.5) is 4.79 Å². The van der Waals surface area contributed by atoms with Gasteiger partial charge in [0.2, 0.25) is 5.91 Å². The molecule has 2 saturated heterocycles. The first-order valence-electron chi connectivity index (χ1n) is 8.44. The van der Waals surface area contributed by atoms with Crippen molar-refractivity contribution in [3.8, 4) is 0 Å². The average Bonchev–Trinajstić information content (AvgIpc) is 2.81. The van der Waals surface area contributed by atoms with Crippen molar-refractivity contribution in [1.82, 2.24) is 9.80 Å². The van der Waals surface area contributed by atoms with E-state index in [1.807, 2.05) is 0 Å². The number of likely N-dealkylation sites (tertiary alicyclic amines) is 1. The van der Waals surface area contributed by atoms with Crippen LogP contribution in [-0.2, 0) is 9.59 Å². The molecule has 0 saturated carbocycles. The molecule has 5 nitrogen and oxygen atoms in total. The van der Waals surface area contributed by atoms with Crippen molar-refractivity contribution in [3.63, 3.8) is 0 Å². The SMILES string of the molecule is O=C(CN1C(=O)SC(=Cc2ccc(Cl)cc2Cl)C1=O)N1CCCCCC1. The molecule has 2 fully saturated rings. The van der Waals surface area contributed by atoms with Gasteiger partial charge >= 0.3 is 0 Å². The van der Waals surface area contributed by atoms with E-state index >= 15 is 0 Å². The Hall–Kier alpha value is -1.50. The van der Waals surface area contributed by atoms with E-state index in [0.29, 0.717) is 28.7 Å². The third kappa shape index (κ3) is 4.42. The summed E-state index contributed by atoms with van der Waals surface area (Å²) in [7, 11) is 0. The Balaban J connectivity index is 1.72. The summed E-state index contributed by atoms with van der Waals surface area (Å²) in [6, 6.07) is 4.91. The van der Waals surface area contributed by atoms with E-state index < -0.39 is 11.1 Å². The van der Waals surface area contributed by atoms with Crippen molar-refractivity contribution < 1.29 is 14.4 Å². The maximum atomic E-state index is 12.6. The minimum atomic E-state index is -0.464. The Bertz CT molecular complexity index is 774. The van der Waals surface area contributed by atoms with Gasteiger partial charge in [0.05, 0.1) is 4.91 Å². The molecule has 26 heavy (non-hydrogen) atoms. The lowest BCUT2D eigenvalue weighted by atomic mass is 10.2. The van der Waals surface area contributed by atoms with Crippen LogP contribution in [0.25, 0.3) is 6.08 Å². The van der Waals surface area contributed by atoms with Crippen LogP contribution in [-0.4, -0.2) is 46.5 Å². The van der Waals surface area contributed by atoms with Gasteiger partial charge in [-0.1, -0.05) is 42.1 Å². The molecule has 0 N–H and O–H groups in total. The van der Waals surface area contributed by atoms with Gasteiger partial charge in [-0.15, -0.1) is 0 Å². The molecule has 2 aliphatic rings. The Morgan fingerprint density at radius 2 is 1.81 bits per heavy atom. The zero-order chi connectivity index (χ0) is 18.7. The van der Waals surface area contributed by atoms with Gasteiger partial charge in [0.25, 0.3) is 11.1 Å². The lowest BCUT2D eigenvalue weighted by Crippen LogP contribution is -2.42. The third-order valence-corrected chi connectivity index (χ3v) is 5.84. The number of imide groups is 1. The normalized spacial score (nSPS) is 20.0. The van der Waals surface area contributed by atoms with Crippen LogP contribution < -0.4 is 0 Å². The number of rotatable bonds is 3. The smallest absolute Gasteiger partial charge is 0.294 e. The summed E-state index contributed by atoms with van der Waals surface area (Å²) in [5.74, 6) is -0.644. The highest BCUT2D eigenvalue weighted by molar-refractivity contribution is 8.18. The highest BCUT2D eigenvalue weighted by Crippen LogP contribution is 2.34. The predicted octanol–water partition coefficient (Wildman–Crippen LogP) is 4.43. The molecular weight excluding hydrogens is 395 g/mol. The van der Waals surface area contributed by atoms with Crippen molar-refractivity contribution in [3.05, 3.63) is 38.7 Å². The fourth-order valence-corrected chi connectivity index (χ4v) is 4.24. The first-order chi connectivity index (χ1) is 12.5. The highest BCUT2D eigenvalue weighted by Gasteiger charge is 2.37. The van der Waals surface area contributed by atoms with Crippen molar-refractivity contribution >= 4 is 58.1 Å². The van der Waals surface area contributed by atoms with Gasteiger partial charge in [0.15, 0.2) is 0 Å². The summed E-state index contributed by atoms with van der Waals surface area (Å²) < 4.78 is 0. The van der Waals surface area contributed by atoms with Gasteiger partial charge in [-0.3, -0.25) is 19.3 Å². The second-order valence-corrected chi connectivity index (χ2v) is 8.07. The molecule has 1 aromatic rings. The van der Waals surface area contributed by atoms with E-state index in [1.54, 1.807) is 29.2 Å². The molecule has 0 spiro atoms. The molecule has 3 amide bonds. The van der Waals surface area contributed by atoms with E-state index in [-0.39, 0.29) is 17.4 Å². The standard InChI is InChI=1S/C18H18Cl2N2O3S/c19-13-6-5-12(14(20)10-13)9-15-17(24)22(18(25)26-15)11-16(23)21-7-3-1-2-4-8-21/h5-6,9-10H,1-4,7-8,11H2. The second-order valence-electron chi connectivity index (χ2n) is 6.23. The predicted molar refractivity (Wildman–Crippen MR) is 104 cm³/mol. The van der Waals surface area contributed by atoms with Crippen LogP contribution in [0.1, 0.15) is 31.2 Å². The molecule has 0 aromatic heterocycles. The van der Waals surface area contributed by atoms with Crippen molar-refractivity contribution in [2.45, 2.75) is 25.7 Å². The van der Waals surface area contributed by atoms with Crippen molar-refractivity contribution in [1.29, 1.82) is 0 Å². The Labute approximate surface area is 166 Å². The van der Waals surface area contributed by atoms with Gasteiger partial charge in [-0.05, 0) is 48.4 Å². The van der Waals surface area contributed by atoms with Crippen LogP contribution in [0, 0.1) is 0 Å². The summed E-state index contributed by atoms with van der Waals surface area (Å²) in [6.45, 7) is 1.16. The molecule has 8 heteroatoms. The van der Waals surface area contributed by atoms with Gasteiger partial charge in [0.1, 0.15) is 6.54 Å². The molecule has 0 aliphatic carbocycles. The van der Waals surface area contributed by atoms with Crippen LogP contribution in [0.2, 0.25) is 10.0 Å². The average molecular weight is 413 g/mol. The fraction of sp³-hybridized carbons (Fsp3) is 0.389. The highest BCUT2D eigenvalue weighted by atomic mass is 35.5. The second kappa shape index (κ2) is 8.46. The van der Waals surface area contributed by atoms with E-state index in [9.17, 15) is 14.4 Å². The van der Waals surface area contributed by atoms with E-state index in [1.165, 1.54) is 0 Å². The first kappa shape index (κ1) is 19.3. The van der Waals surface area contributed by atoms with E-state index in [4.69, 9.17) is 23.2 Å². The van der Waals surface area contributed by atoms with Gasteiger partial charge < -0.3 is 4.90 Å².